The molecular weight excluding hydrogens is 318 g/mol. The Labute approximate surface area is 142 Å². The number of piperidine rings is 1. The minimum absolute atomic E-state index is 0.385. The molecule has 5 heteroatoms. The van der Waals surface area contributed by atoms with Crippen LogP contribution in [0.4, 0.5) is 0 Å². The number of nitrogens with zero attached hydrogens (tertiary/aromatic N) is 1. The van der Waals surface area contributed by atoms with E-state index in [0.29, 0.717) is 29.7 Å². The summed E-state index contributed by atoms with van der Waals surface area (Å²) in [5.74, 6) is 1.18. The summed E-state index contributed by atoms with van der Waals surface area (Å²) in [4.78, 5) is 3.07. The van der Waals surface area contributed by atoms with E-state index in [-0.39, 0.29) is 0 Å². The van der Waals surface area contributed by atoms with E-state index in [2.05, 4.69) is 11.5 Å². The van der Waals surface area contributed by atoms with E-state index in [1.54, 1.807) is 6.08 Å². The van der Waals surface area contributed by atoms with Crippen molar-refractivity contribution in [1.82, 2.24) is 4.90 Å². The summed E-state index contributed by atoms with van der Waals surface area (Å²) in [6.45, 7) is 8.53. The average Bonchev–Trinajstić information content (AvgIpc) is 2.54. The molecule has 0 unspecified atom stereocenters. The Balaban J connectivity index is 2.27. The molecule has 1 heterocycles. The fraction of sp³-hybridized carbons (Fsp3) is 0.471. The first-order valence-corrected chi connectivity index (χ1v) is 8.45. The molecule has 1 aliphatic rings. The molecule has 1 aromatic carbocycles. The van der Waals surface area contributed by atoms with Crippen molar-refractivity contribution >= 4 is 28.8 Å². The first kappa shape index (κ1) is 17.1. The third kappa shape index (κ3) is 4.14. The third-order valence-corrected chi connectivity index (χ3v) is 4.32. The van der Waals surface area contributed by atoms with Crippen molar-refractivity contribution in [3.05, 3.63) is 35.4 Å². The van der Waals surface area contributed by atoms with Crippen LogP contribution in [0.2, 0.25) is 5.02 Å². The second-order valence-electron chi connectivity index (χ2n) is 5.17. The third-order valence-electron chi connectivity index (χ3n) is 3.55. The fourth-order valence-corrected chi connectivity index (χ4v) is 3.08. The second kappa shape index (κ2) is 8.39. The van der Waals surface area contributed by atoms with Gasteiger partial charge >= 0.3 is 0 Å². The smallest absolute Gasteiger partial charge is 0.180 e. The zero-order chi connectivity index (χ0) is 15.9. The van der Waals surface area contributed by atoms with Crippen LogP contribution in [0.5, 0.6) is 11.5 Å². The molecule has 2 rings (SSSR count). The minimum Gasteiger partial charge on any atom is -0.490 e. The molecule has 0 N–H and O–H groups in total. The molecule has 0 atom stereocenters. The Kier molecular flexibility index (Phi) is 6.52. The highest BCUT2D eigenvalue weighted by Gasteiger charge is 2.19. The van der Waals surface area contributed by atoms with E-state index in [0.717, 1.165) is 23.6 Å². The van der Waals surface area contributed by atoms with Gasteiger partial charge in [0.05, 0.1) is 11.6 Å². The average molecular weight is 340 g/mol. The zero-order valence-corrected chi connectivity index (χ0v) is 14.5. The van der Waals surface area contributed by atoms with Crippen molar-refractivity contribution in [1.29, 1.82) is 0 Å². The molecule has 1 aromatic rings. The van der Waals surface area contributed by atoms with Crippen LogP contribution >= 0.6 is 23.8 Å². The number of likely N-dealkylation sites (tertiary alicyclic amines) is 1. The Bertz CT molecular complexity index is 542. The van der Waals surface area contributed by atoms with Crippen molar-refractivity contribution in [2.75, 3.05) is 26.3 Å². The van der Waals surface area contributed by atoms with E-state index in [4.69, 9.17) is 33.3 Å². The van der Waals surface area contributed by atoms with E-state index in [1.807, 2.05) is 19.1 Å². The maximum Gasteiger partial charge on any atom is 0.180 e. The highest BCUT2D eigenvalue weighted by atomic mass is 35.5. The molecule has 0 bridgehead atoms. The van der Waals surface area contributed by atoms with Gasteiger partial charge in [-0.15, -0.1) is 0 Å². The van der Waals surface area contributed by atoms with Gasteiger partial charge < -0.3 is 14.4 Å². The maximum atomic E-state index is 6.37. The van der Waals surface area contributed by atoms with Gasteiger partial charge in [0.1, 0.15) is 11.6 Å². The standard InChI is InChI=1S/C17H22ClNO2S/c1-3-10-21-16-14(18)11-13(12-15(16)20-4-2)17(22)19-8-6-5-7-9-19/h3,11-12H,1,4-10H2,2H3. The Hall–Kier alpha value is -1.26. The number of halogens is 1. The van der Waals surface area contributed by atoms with Gasteiger partial charge in [-0.3, -0.25) is 0 Å². The molecule has 120 valence electrons. The van der Waals surface area contributed by atoms with Gasteiger partial charge in [0.15, 0.2) is 11.5 Å². The predicted octanol–water partition coefficient (Wildman–Crippen LogP) is 4.46. The van der Waals surface area contributed by atoms with Gasteiger partial charge in [0.2, 0.25) is 0 Å². The van der Waals surface area contributed by atoms with Gasteiger partial charge in [-0.2, -0.15) is 0 Å². The Morgan fingerprint density at radius 3 is 2.68 bits per heavy atom. The number of hydrogen-bond acceptors (Lipinski definition) is 3. The van der Waals surface area contributed by atoms with Crippen LogP contribution < -0.4 is 9.47 Å². The molecule has 1 saturated heterocycles. The van der Waals surface area contributed by atoms with E-state index < -0.39 is 0 Å². The monoisotopic (exact) mass is 339 g/mol. The molecule has 22 heavy (non-hydrogen) atoms. The maximum absolute atomic E-state index is 6.37. The summed E-state index contributed by atoms with van der Waals surface area (Å²) in [5.41, 5.74) is 0.913. The van der Waals surface area contributed by atoms with Crippen LogP contribution in [0.3, 0.4) is 0 Å². The summed E-state index contributed by atoms with van der Waals surface area (Å²) in [6, 6.07) is 3.78. The molecule has 3 nitrogen and oxygen atoms in total. The van der Waals surface area contributed by atoms with Crippen LogP contribution in [-0.4, -0.2) is 36.2 Å². The van der Waals surface area contributed by atoms with E-state index >= 15 is 0 Å². The van der Waals surface area contributed by atoms with Crippen molar-refractivity contribution in [2.45, 2.75) is 26.2 Å². The molecule has 0 saturated carbocycles. The van der Waals surface area contributed by atoms with Crippen LogP contribution in [-0.2, 0) is 0 Å². The topological polar surface area (TPSA) is 21.7 Å². The van der Waals surface area contributed by atoms with Crippen LogP contribution in [0.15, 0.2) is 24.8 Å². The molecule has 1 fully saturated rings. The Morgan fingerprint density at radius 2 is 2.05 bits per heavy atom. The Morgan fingerprint density at radius 1 is 1.32 bits per heavy atom. The van der Waals surface area contributed by atoms with Gasteiger partial charge in [0, 0.05) is 18.7 Å². The quantitative estimate of drug-likeness (QED) is 0.563. The van der Waals surface area contributed by atoms with Gasteiger partial charge in [-0.1, -0.05) is 36.5 Å². The summed E-state index contributed by atoms with van der Waals surface area (Å²) in [7, 11) is 0. The van der Waals surface area contributed by atoms with Gasteiger partial charge in [-0.25, -0.2) is 0 Å². The highest BCUT2D eigenvalue weighted by molar-refractivity contribution is 7.80. The molecular formula is C17H22ClNO2S. The van der Waals surface area contributed by atoms with Crippen LogP contribution in [0, 0.1) is 0 Å². The first-order chi connectivity index (χ1) is 10.7. The SMILES string of the molecule is C=CCOc1c(Cl)cc(C(=S)N2CCCCC2)cc1OCC. The molecule has 0 aromatic heterocycles. The lowest BCUT2D eigenvalue weighted by atomic mass is 10.1. The predicted molar refractivity (Wildman–Crippen MR) is 95.4 cm³/mol. The normalized spacial score (nSPS) is 14.5. The van der Waals surface area contributed by atoms with Gasteiger partial charge in [0.25, 0.3) is 0 Å². The molecule has 0 spiro atoms. The number of thiocarbonyl (C=S) groups is 1. The lowest BCUT2D eigenvalue weighted by Crippen LogP contribution is -2.34. The second-order valence-corrected chi connectivity index (χ2v) is 5.96. The zero-order valence-electron chi connectivity index (χ0n) is 12.9. The number of ether oxygens (including phenoxy) is 2. The van der Waals surface area contributed by atoms with Crippen LogP contribution in [0.1, 0.15) is 31.7 Å². The summed E-state index contributed by atoms with van der Waals surface area (Å²) >= 11 is 12.0. The molecule has 0 amide bonds. The van der Waals surface area contributed by atoms with Crippen molar-refractivity contribution in [2.24, 2.45) is 0 Å². The van der Waals surface area contributed by atoms with Gasteiger partial charge in [-0.05, 0) is 38.3 Å². The highest BCUT2D eigenvalue weighted by Crippen LogP contribution is 2.37. The lowest BCUT2D eigenvalue weighted by Gasteiger charge is -2.29. The van der Waals surface area contributed by atoms with E-state index in [1.165, 1.54) is 19.3 Å². The number of benzene rings is 1. The number of rotatable bonds is 6. The number of hydrogen-bond donors (Lipinski definition) is 0. The molecule has 1 aliphatic heterocycles. The van der Waals surface area contributed by atoms with Crippen molar-refractivity contribution in [3.63, 3.8) is 0 Å². The summed E-state index contributed by atoms with van der Waals surface area (Å²) in [5, 5.41) is 0.516. The summed E-state index contributed by atoms with van der Waals surface area (Å²) in [6.07, 6.45) is 5.33. The summed E-state index contributed by atoms with van der Waals surface area (Å²) < 4.78 is 11.3. The molecule has 0 aliphatic carbocycles. The first-order valence-electron chi connectivity index (χ1n) is 7.66. The van der Waals surface area contributed by atoms with Crippen molar-refractivity contribution < 1.29 is 9.47 Å². The van der Waals surface area contributed by atoms with Crippen LogP contribution in [0.25, 0.3) is 0 Å². The minimum atomic E-state index is 0.385. The molecule has 0 radical (unpaired) electrons. The largest absolute Gasteiger partial charge is 0.490 e. The lowest BCUT2D eigenvalue weighted by molar-refractivity contribution is 0.297. The van der Waals surface area contributed by atoms with Crippen molar-refractivity contribution in [3.8, 4) is 11.5 Å². The fourth-order valence-electron chi connectivity index (χ4n) is 2.52. The van der Waals surface area contributed by atoms with E-state index in [9.17, 15) is 0 Å².